The summed E-state index contributed by atoms with van der Waals surface area (Å²) in [6.45, 7) is 11.3. The quantitative estimate of drug-likeness (QED) is 0.777. The van der Waals surface area contributed by atoms with Crippen LogP contribution in [0.1, 0.15) is 27.5 Å². The molecule has 150 valence electrons. The van der Waals surface area contributed by atoms with Gasteiger partial charge in [-0.2, -0.15) is 4.98 Å². The third-order valence-corrected chi connectivity index (χ3v) is 5.26. The van der Waals surface area contributed by atoms with Gasteiger partial charge in [-0.05, 0) is 20.8 Å². The van der Waals surface area contributed by atoms with Gasteiger partial charge in [0.05, 0.1) is 18.9 Å². The van der Waals surface area contributed by atoms with Crippen molar-refractivity contribution in [3.05, 3.63) is 28.8 Å². The number of ether oxygens (including phenoxy) is 1. The smallest absolute Gasteiger partial charge is 0.259 e. The van der Waals surface area contributed by atoms with Crippen LogP contribution >= 0.6 is 0 Å². The standard InChI is InChI=1S/C19H26N6O3/c1-13-12-16(21-19(20-13)25-8-10-27-11-9-25)23-4-6-24(7-5-23)18(26)17-14(2)22-28-15(17)3/h12H,4-11H2,1-3H3. The summed E-state index contributed by atoms with van der Waals surface area (Å²) in [7, 11) is 0. The van der Waals surface area contributed by atoms with E-state index in [1.807, 2.05) is 17.9 Å². The molecule has 28 heavy (non-hydrogen) atoms. The van der Waals surface area contributed by atoms with Gasteiger partial charge in [-0.3, -0.25) is 4.79 Å². The Hall–Kier alpha value is -2.68. The first-order valence-electron chi connectivity index (χ1n) is 9.68. The van der Waals surface area contributed by atoms with E-state index in [1.54, 1.807) is 13.8 Å². The maximum atomic E-state index is 12.8. The van der Waals surface area contributed by atoms with Crippen LogP contribution in [-0.4, -0.2) is 78.4 Å². The molecular weight excluding hydrogens is 360 g/mol. The molecule has 9 heteroatoms. The number of hydrogen-bond acceptors (Lipinski definition) is 8. The molecule has 2 aromatic rings. The fraction of sp³-hybridized carbons (Fsp3) is 0.579. The molecule has 4 heterocycles. The van der Waals surface area contributed by atoms with E-state index in [0.717, 1.165) is 43.6 Å². The number of carbonyl (C=O) groups excluding carboxylic acids is 1. The maximum absolute atomic E-state index is 12.8. The van der Waals surface area contributed by atoms with Crippen LogP contribution in [0.2, 0.25) is 0 Å². The first-order chi connectivity index (χ1) is 13.5. The Bertz CT molecular complexity index is 834. The number of piperazine rings is 1. The molecule has 2 aliphatic heterocycles. The molecule has 0 atom stereocenters. The normalized spacial score (nSPS) is 17.9. The molecular formula is C19H26N6O3. The van der Waals surface area contributed by atoms with Crippen molar-refractivity contribution in [1.82, 2.24) is 20.0 Å². The van der Waals surface area contributed by atoms with Crippen LogP contribution in [0.3, 0.4) is 0 Å². The average Bonchev–Trinajstić information content (AvgIpc) is 3.06. The van der Waals surface area contributed by atoms with Crippen LogP contribution in [0.25, 0.3) is 0 Å². The summed E-state index contributed by atoms with van der Waals surface area (Å²) in [5, 5.41) is 3.89. The van der Waals surface area contributed by atoms with E-state index in [2.05, 4.69) is 19.9 Å². The van der Waals surface area contributed by atoms with E-state index >= 15 is 0 Å². The lowest BCUT2D eigenvalue weighted by Crippen LogP contribution is -2.49. The Labute approximate surface area is 164 Å². The Kier molecular flexibility index (Phi) is 5.17. The fourth-order valence-electron chi connectivity index (χ4n) is 3.69. The second-order valence-electron chi connectivity index (χ2n) is 7.25. The topological polar surface area (TPSA) is 87.8 Å². The molecule has 2 aliphatic rings. The van der Waals surface area contributed by atoms with Gasteiger partial charge in [0.25, 0.3) is 5.91 Å². The van der Waals surface area contributed by atoms with Gasteiger partial charge < -0.3 is 24.0 Å². The summed E-state index contributed by atoms with van der Waals surface area (Å²) < 4.78 is 10.6. The molecule has 0 unspecified atom stereocenters. The number of rotatable bonds is 3. The number of hydrogen-bond donors (Lipinski definition) is 0. The zero-order valence-corrected chi connectivity index (χ0v) is 16.6. The number of anilines is 2. The van der Waals surface area contributed by atoms with Crippen LogP contribution in [0.4, 0.5) is 11.8 Å². The number of aromatic nitrogens is 3. The summed E-state index contributed by atoms with van der Waals surface area (Å²) >= 11 is 0. The average molecular weight is 386 g/mol. The van der Waals surface area contributed by atoms with Gasteiger partial charge in [0.2, 0.25) is 5.95 Å². The van der Waals surface area contributed by atoms with Gasteiger partial charge in [0.15, 0.2) is 0 Å². The highest BCUT2D eigenvalue weighted by Crippen LogP contribution is 2.21. The molecule has 0 saturated carbocycles. The van der Waals surface area contributed by atoms with E-state index in [-0.39, 0.29) is 5.91 Å². The van der Waals surface area contributed by atoms with Gasteiger partial charge in [-0.25, -0.2) is 4.98 Å². The fourth-order valence-corrected chi connectivity index (χ4v) is 3.69. The predicted molar refractivity (Wildman–Crippen MR) is 104 cm³/mol. The lowest BCUT2D eigenvalue weighted by Gasteiger charge is -2.36. The zero-order chi connectivity index (χ0) is 19.7. The highest BCUT2D eigenvalue weighted by molar-refractivity contribution is 5.96. The number of amides is 1. The molecule has 4 rings (SSSR count). The number of carbonyl (C=O) groups is 1. The minimum atomic E-state index is -0.0104. The molecule has 0 aromatic carbocycles. The Morgan fingerprint density at radius 3 is 2.32 bits per heavy atom. The lowest BCUT2D eigenvalue weighted by atomic mass is 10.1. The van der Waals surface area contributed by atoms with Crippen molar-refractivity contribution in [2.24, 2.45) is 0 Å². The molecule has 0 N–H and O–H groups in total. The minimum absolute atomic E-state index is 0.0104. The Morgan fingerprint density at radius 1 is 0.964 bits per heavy atom. The lowest BCUT2D eigenvalue weighted by molar-refractivity contribution is 0.0744. The molecule has 9 nitrogen and oxygen atoms in total. The van der Waals surface area contributed by atoms with E-state index < -0.39 is 0 Å². The zero-order valence-electron chi connectivity index (χ0n) is 16.6. The molecule has 1 amide bonds. The van der Waals surface area contributed by atoms with E-state index in [0.29, 0.717) is 43.3 Å². The third-order valence-electron chi connectivity index (χ3n) is 5.26. The molecule has 0 spiro atoms. The van der Waals surface area contributed by atoms with Crippen molar-refractivity contribution >= 4 is 17.7 Å². The van der Waals surface area contributed by atoms with Crippen molar-refractivity contribution in [2.75, 3.05) is 62.3 Å². The van der Waals surface area contributed by atoms with Crippen molar-refractivity contribution in [1.29, 1.82) is 0 Å². The van der Waals surface area contributed by atoms with Crippen LogP contribution in [-0.2, 0) is 4.74 Å². The first-order valence-corrected chi connectivity index (χ1v) is 9.68. The molecule has 0 radical (unpaired) electrons. The first kappa shape index (κ1) is 18.7. The van der Waals surface area contributed by atoms with Crippen LogP contribution in [0.15, 0.2) is 10.6 Å². The van der Waals surface area contributed by atoms with Crippen molar-refractivity contribution in [3.8, 4) is 0 Å². The summed E-state index contributed by atoms with van der Waals surface area (Å²) in [5.74, 6) is 2.24. The van der Waals surface area contributed by atoms with Crippen molar-refractivity contribution in [3.63, 3.8) is 0 Å². The third kappa shape index (κ3) is 3.66. The molecule has 0 bridgehead atoms. The van der Waals surface area contributed by atoms with Gasteiger partial charge >= 0.3 is 0 Å². The van der Waals surface area contributed by atoms with E-state index in [4.69, 9.17) is 14.2 Å². The Balaban J connectivity index is 1.45. The largest absolute Gasteiger partial charge is 0.378 e. The van der Waals surface area contributed by atoms with Gasteiger partial charge in [-0.1, -0.05) is 5.16 Å². The summed E-state index contributed by atoms with van der Waals surface area (Å²) in [4.78, 5) is 28.5. The summed E-state index contributed by atoms with van der Waals surface area (Å²) in [6.07, 6.45) is 0. The second kappa shape index (κ2) is 7.75. The predicted octanol–water partition coefficient (Wildman–Crippen LogP) is 1.19. The monoisotopic (exact) mass is 386 g/mol. The highest BCUT2D eigenvalue weighted by Gasteiger charge is 2.27. The molecule has 2 saturated heterocycles. The molecule has 2 aromatic heterocycles. The van der Waals surface area contributed by atoms with E-state index in [9.17, 15) is 4.79 Å². The highest BCUT2D eigenvalue weighted by atomic mass is 16.5. The number of nitrogens with zero attached hydrogens (tertiary/aromatic N) is 6. The van der Waals surface area contributed by atoms with Crippen molar-refractivity contribution < 1.29 is 14.1 Å². The van der Waals surface area contributed by atoms with Gasteiger partial charge in [-0.15, -0.1) is 0 Å². The van der Waals surface area contributed by atoms with Crippen LogP contribution in [0.5, 0.6) is 0 Å². The van der Waals surface area contributed by atoms with Crippen LogP contribution < -0.4 is 9.80 Å². The maximum Gasteiger partial charge on any atom is 0.259 e. The summed E-state index contributed by atoms with van der Waals surface area (Å²) in [5.41, 5.74) is 2.17. The number of morpholine rings is 1. The molecule has 2 fully saturated rings. The summed E-state index contributed by atoms with van der Waals surface area (Å²) in [6, 6.07) is 2.01. The Morgan fingerprint density at radius 2 is 1.68 bits per heavy atom. The van der Waals surface area contributed by atoms with Gasteiger partial charge in [0.1, 0.15) is 17.1 Å². The number of aryl methyl sites for hydroxylation is 3. The van der Waals surface area contributed by atoms with E-state index in [1.165, 1.54) is 0 Å². The van der Waals surface area contributed by atoms with Crippen LogP contribution in [0, 0.1) is 20.8 Å². The second-order valence-corrected chi connectivity index (χ2v) is 7.25. The molecule has 0 aliphatic carbocycles. The minimum Gasteiger partial charge on any atom is -0.378 e. The van der Waals surface area contributed by atoms with Gasteiger partial charge in [0, 0.05) is 51.0 Å². The SMILES string of the molecule is Cc1cc(N2CCN(C(=O)c3c(C)noc3C)CC2)nc(N2CCOCC2)n1. The van der Waals surface area contributed by atoms with Crippen molar-refractivity contribution in [2.45, 2.75) is 20.8 Å².